The summed E-state index contributed by atoms with van der Waals surface area (Å²) in [6.45, 7) is 1.77. The van der Waals surface area contributed by atoms with E-state index in [4.69, 9.17) is 4.74 Å². The normalized spacial score (nSPS) is 11.1. The zero-order chi connectivity index (χ0) is 23.4. The molecule has 0 unspecified atom stereocenters. The Morgan fingerprint density at radius 3 is 2.48 bits per heavy atom. The Hall–Kier alpha value is -4.44. The van der Waals surface area contributed by atoms with E-state index in [1.807, 2.05) is 72.8 Å². The Labute approximate surface area is 190 Å². The second-order valence-electron chi connectivity index (χ2n) is 7.54. The largest absolute Gasteiger partial charge is 0.497 e. The molecule has 3 aromatic carbocycles. The van der Waals surface area contributed by atoms with Crippen LogP contribution in [0.25, 0.3) is 10.8 Å². The molecule has 1 aromatic heterocycles. The first-order valence-electron chi connectivity index (χ1n) is 10.4. The van der Waals surface area contributed by atoms with Gasteiger partial charge in [-0.3, -0.25) is 9.36 Å². The van der Waals surface area contributed by atoms with Gasteiger partial charge in [-0.2, -0.15) is 5.26 Å². The Morgan fingerprint density at radius 1 is 1.03 bits per heavy atom. The van der Waals surface area contributed by atoms with E-state index in [0.29, 0.717) is 17.7 Å². The maximum atomic E-state index is 13.2. The Bertz CT molecular complexity index is 1440. The van der Waals surface area contributed by atoms with Crippen LogP contribution in [0.5, 0.6) is 11.6 Å². The summed E-state index contributed by atoms with van der Waals surface area (Å²) in [6, 6.07) is 22.8. The van der Waals surface area contributed by atoms with Crippen molar-refractivity contribution >= 4 is 22.1 Å². The number of pyridine rings is 1. The molecule has 0 aliphatic carbocycles. The van der Waals surface area contributed by atoms with E-state index in [0.717, 1.165) is 22.1 Å². The van der Waals surface area contributed by atoms with Gasteiger partial charge in [-0.25, -0.2) is 0 Å². The van der Waals surface area contributed by atoms with Crippen LogP contribution in [0, 0.1) is 18.3 Å². The molecule has 0 saturated heterocycles. The molecular formula is C26H22N4O3. The number of azo groups is 1. The lowest BCUT2D eigenvalue weighted by Gasteiger charge is -2.13. The fourth-order valence-electron chi connectivity index (χ4n) is 3.70. The molecule has 0 fully saturated rings. The van der Waals surface area contributed by atoms with Gasteiger partial charge in [-0.15, -0.1) is 10.2 Å². The highest BCUT2D eigenvalue weighted by Gasteiger charge is 2.19. The minimum atomic E-state index is -0.499. The summed E-state index contributed by atoms with van der Waals surface area (Å²) in [5.41, 5.74) is 1.41. The highest BCUT2D eigenvalue weighted by Crippen LogP contribution is 2.30. The summed E-state index contributed by atoms with van der Waals surface area (Å²) in [7, 11) is 1.59. The van der Waals surface area contributed by atoms with E-state index in [2.05, 4.69) is 10.2 Å². The number of nitrogens with zero attached hydrogens (tertiary/aromatic N) is 4. The first-order valence-corrected chi connectivity index (χ1v) is 10.4. The van der Waals surface area contributed by atoms with E-state index in [9.17, 15) is 15.2 Å². The first-order chi connectivity index (χ1) is 16.0. The number of hydrogen-bond acceptors (Lipinski definition) is 6. The third-order valence-corrected chi connectivity index (χ3v) is 5.58. The minimum absolute atomic E-state index is 0.0104. The van der Waals surface area contributed by atoms with E-state index >= 15 is 0 Å². The predicted octanol–water partition coefficient (Wildman–Crippen LogP) is 5.55. The number of fused-ring (bicyclic) bond motifs is 1. The number of ether oxygens (including phenoxy) is 1. The van der Waals surface area contributed by atoms with Crippen LogP contribution in [0.1, 0.15) is 16.7 Å². The molecule has 7 nitrogen and oxygen atoms in total. The van der Waals surface area contributed by atoms with Gasteiger partial charge in [0.05, 0.1) is 12.8 Å². The summed E-state index contributed by atoms with van der Waals surface area (Å²) in [6.07, 6.45) is 0.477. The maximum absolute atomic E-state index is 13.2. The third-order valence-electron chi connectivity index (χ3n) is 5.58. The van der Waals surface area contributed by atoms with Crippen LogP contribution in [0.2, 0.25) is 0 Å². The van der Waals surface area contributed by atoms with Gasteiger partial charge in [0.1, 0.15) is 17.4 Å². The molecule has 0 spiro atoms. The summed E-state index contributed by atoms with van der Waals surface area (Å²) in [4.78, 5) is 13.2. The molecule has 0 bridgehead atoms. The number of aromatic nitrogens is 1. The maximum Gasteiger partial charge on any atom is 0.281 e. The molecule has 164 valence electrons. The summed E-state index contributed by atoms with van der Waals surface area (Å²) in [5.74, 6) is 0.370. The molecule has 7 heteroatoms. The standard InChI is InChI=1S/C26H22N4O3/c1-17-22(16-27)25(31)30(15-14-18-10-12-20(33-2)13-11-18)26(32)24(17)29-28-23-9-5-7-19-6-3-4-8-21(19)23/h3-13,31H,14-15H2,1-2H3. The van der Waals surface area contributed by atoms with E-state index < -0.39 is 5.56 Å². The van der Waals surface area contributed by atoms with Crippen molar-refractivity contribution in [1.82, 2.24) is 4.57 Å². The molecule has 33 heavy (non-hydrogen) atoms. The number of aryl methyl sites for hydroxylation is 1. The lowest BCUT2D eigenvalue weighted by Crippen LogP contribution is -2.22. The van der Waals surface area contributed by atoms with Crippen LogP contribution in [0.4, 0.5) is 11.4 Å². The van der Waals surface area contributed by atoms with Crippen molar-refractivity contribution in [3.05, 3.63) is 93.8 Å². The molecule has 0 radical (unpaired) electrons. The fourth-order valence-corrected chi connectivity index (χ4v) is 3.70. The highest BCUT2D eigenvalue weighted by molar-refractivity contribution is 5.92. The van der Waals surface area contributed by atoms with Crippen LogP contribution >= 0.6 is 0 Å². The second-order valence-corrected chi connectivity index (χ2v) is 7.54. The predicted molar refractivity (Wildman–Crippen MR) is 127 cm³/mol. The van der Waals surface area contributed by atoms with Gasteiger partial charge in [0.15, 0.2) is 5.69 Å². The molecule has 0 saturated carbocycles. The van der Waals surface area contributed by atoms with Crippen LogP contribution in [0.3, 0.4) is 0 Å². The Morgan fingerprint density at radius 2 is 1.76 bits per heavy atom. The van der Waals surface area contributed by atoms with E-state index in [1.54, 1.807) is 14.0 Å². The molecule has 4 rings (SSSR count). The molecule has 0 aliphatic heterocycles. The first kappa shape index (κ1) is 21.8. The van der Waals surface area contributed by atoms with Crippen molar-refractivity contribution in [2.75, 3.05) is 7.11 Å². The zero-order valence-corrected chi connectivity index (χ0v) is 18.3. The van der Waals surface area contributed by atoms with Crippen LogP contribution in [-0.2, 0) is 13.0 Å². The molecule has 0 aliphatic rings. The number of benzene rings is 3. The van der Waals surface area contributed by atoms with Gasteiger partial charge in [-0.1, -0.05) is 48.5 Å². The van der Waals surface area contributed by atoms with Crippen molar-refractivity contribution in [2.45, 2.75) is 19.9 Å². The van der Waals surface area contributed by atoms with Crippen molar-refractivity contribution in [2.24, 2.45) is 10.2 Å². The van der Waals surface area contributed by atoms with Crippen LogP contribution in [-0.4, -0.2) is 16.8 Å². The summed E-state index contributed by atoms with van der Waals surface area (Å²) in [5, 5.41) is 30.7. The quantitative estimate of drug-likeness (QED) is 0.399. The topological polar surface area (TPSA) is 100.0 Å². The van der Waals surface area contributed by atoms with E-state index in [-0.39, 0.29) is 23.7 Å². The average molecular weight is 438 g/mol. The molecule has 1 heterocycles. The number of aromatic hydroxyl groups is 1. The van der Waals surface area contributed by atoms with Crippen molar-refractivity contribution < 1.29 is 9.84 Å². The highest BCUT2D eigenvalue weighted by atomic mass is 16.5. The van der Waals surface area contributed by atoms with Gasteiger partial charge in [0.2, 0.25) is 5.88 Å². The molecule has 1 N–H and O–H groups in total. The summed E-state index contributed by atoms with van der Waals surface area (Å²) >= 11 is 0. The number of methoxy groups -OCH3 is 1. The monoisotopic (exact) mass is 438 g/mol. The number of nitriles is 1. The van der Waals surface area contributed by atoms with Gasteiger partial charge in [-0.05, 0) is 42.5 Å². The SMILES string of the molecule is COc1ccc(CCn2c(O)c(C#N)c(C)c(N=Nc3cccc4ccccc34)c2=O)cc1. The van der Waals surface area contributed by atoms with Crippen LogP contribution in [0.15, 0.2) is 81.8 Å². The minimum Gasteiger partial charge on any atom is -0.497 e. The van der Waals surface area contributed by atoms with Gasteiger partial charge in [0, 0.05) is 17.5 Å². The number of rotatable bonds is 6. The average Bonchev–Trinajstić information content (AvgIpc) is 2.84. The summed E-state index contributed by atoms with van der Waals surface area (Å²) < 4.78 is 6.34. The third kappa shape index (κ3) is 4.32. The van der Waals surface area contributed by atoms with Crippen molar-refractivity contribution in [3.8, 4) is 17.7 Å². The lowest BCUT2D eigenvalue weighted by molar-refractivity contribution is 0.403. The lowest BCUT2D eigenvalue weighted by atomic mass is 10.1. The smallest absolute Gasteiger partial charge is 0.281 e. The Kier molecular flexibility index (Phi) is 6.18. The number of hydrogen-bond donors (Lipinski definition) is 1. The molecule has 0 amide bonds. The molecular weight excluding hydrogens is 416 g/mol. The molecule has 4 aromatic rings. The Balaban J connectivity index is 1.73. The molecule has 0 atom stereocenters. The van der Waals surface area contributed by atoms with Gasteiger partial charge in [0.25, 0.3) is 5.56 Å². The van der Waals surface area contributed by atoms with Crippen molar-refractivity contribution in [3.63, 3.8) is 0 Å². The van der Waals surface area contributed by atoms with Gasteiger partial charge < -0.3 is 9.84 Å². The van der Waals surface area contributed by atoms with E-state index in [1.165, 1.54) is 4.57 Å². The fraction of sp³-hybridized carbons (Fsp3) is 0.154. The van der Waals surface area contributed by atoms with Gasteiger partial charge >= 0.3 is 0 Å². The van der Waals surface area contributed by atoms with Crippen LogP contribution < -0.4 is 10.3 Å². The van der Waals surface area contributed by atoms with Crippen molar-refractivity contribution in [1.29, 1.82) is 5.26 Å². The zero-order valence-electron chi connectivity index (χ0n) is 18.3. The second kappa shape index (κ2) is 9.37.